The van der Waals surface area contributed by atoms with Gasteiger partial charge in [0.1, 0.15) is 11.8 Å². The maximum atomic E-state index is 15.2. The topological polar surface area (TPSA) is 112 Å². The number of pyridine rings is 1. The fourth-order valence-corrected chi connectivity index (χ4v) is 4.06. The van der Waals surface area contributed by atoms with Crippen LogP contribution in [0.15, 0.2) is 61.5 Å². The molecular weight excluding hydrogens is 449 g/mol. The van der Waals surface area contributed by atoms with Gasteiger partial charge in [0.2, 0.25) is 11.8 Å². The van der Waals surface area contributed by atoms with Crippen molar-refractivity contribution >= 4 is 22.8 Å². The SMILES string of the molecule is C=CC(=O)N1CC=C(c2nn3ncnc(N)c3c2-c2ccc(Oc3cccc(C)n3)c(F)c2)CC1. The van der Waals surface area contributed by atoms with Crippen LogP contribution in [0.1, 0.15) is 17.8 Å². The summed E-state index contributed by atoms with van der Waals surface area (Å²) >= 11 is 0. The van der Waals surface area contributed by atoms with Gasteiger partial charge in [0.15, 0.2) is 17.4 Å². The molecule has 0 fully saturated rings. The van der Waals surface area contributed by atoms with Crippen molar-refractivity contribution in [1.29, 1.82) is 0 Å². The van der Waals surface area contributed by atoms with Crippen LogP contribution in [-0.2, 0) is 4.79 Å². The van der Waals surface area contributed by atoms with Gasteiger partial charge in [0.05, 0.1) is 5.69 Å². The van der Waals surface area contributed by atoms with Gasteiger partial charge in [0, 0.05) is 30.4 Å². The van der Waals surface area contributed by atoms with E-state index in [9.17, 15) is 4.79 Å². The molecule has 1 aliphatic rings. The molecule has 0 aliphatic carbocycles. The Morgan fingerprint density at radius 1 is 1.29 bits per heavy atom. The number of ether oxygens (including phenoxy) is 1. The Morgan fingerprint density at radius 2 is 2.14 bits per heavy atom. The molecule has 4 heterocycles. The number of nitrogens with two attached hydrogens (primary N) is 1. The average Bonchev–Trinajstić information content (AvgIpc) is 3.26. The van der Waals surface area contributed by atoms with Gasteiger partial charge in [-0.25, -0.2) is 14.4 Å². The predicted molar refractivity (Wildman–Crippen MR) is 129 cm³/mol. The number of fused-ring (bicyclic) bond motifs is 1. The lowest BCUT2D eigenvalue weighted by Gasteiger charge is -2.25. The first-order chi connectivity index (χ1) is 16.9. The molecule has 2 N–H and O–H groups in total. The Morgan fingerprint density at radius 3 is 2.86 bits per heavy atom. The molecule has 0 radical (unpaired) electrons. The highest BCUT2D eigenvalue weighted by atomic mass is 19.1. The number of carbonyl (C=O) groups excluding carboxylic acids is 1. The zero-order chi connectivity index (χ0) is 24.5. The minimum Gasteiger partial charge on any atom is -0.436 e. The molecule has 1 amide bonds. The number of carbonyl (C=O) groups is 1. The summed E-state index contributed by atoms with van der Waals surface area (Å²) in [5, 5.41) is 8.81. The predicted octanol–water partition coefficient (Wildman–Crippen LogP) is 3.81. The molecule has 9 nitrogen and oxygen atoms in total. The lowest BCUT2D eigenvalue weighted by Crippen LogP contribution is -2.33. The third-order valence-electron chi connectivity index (χ3n) is 5.77. The second kappa shape index (κ2) is 8.98. The van der Waals surface area contributed by atoms with Crippen LogP contribution in [0.2, 0.25) is 0 Å². The number of halogens is 1. The van der Waals surface area contributed by atoms with E-state index in [0.29, 0.717) is 47.7 Å². The average molecular weight is 471 g/mol. The standard InChI is InChI=1S/C25H22FN7O2/c1-3-21(34)32-11-9-16(10-12-32)23-22(24-25(27)28-14-29-33(24)31-23)17-7-8-19(18(26)13-17)35-20-6-4-5-15(2)30-20/h3-9,13-14H,1,10-12H2,2H3,(H2,27,28,29). The van der Waals surface area contributed by atoms with Crippen LogP contribution < -0.4 is 10.5 Å². The molecule has 1 aromatic carbocycles. The van der Waals surface area contributed by atoms with Crippen molar-refractivity contribution in [2.24, 2.45) is 0 Å². The lowest BCUT2D eigenvalue weighted by molar-refractivity contribution is -0.125. The maximum absolute atomic E-state index is 15.2. The van der Waals surface area contributed by atoms with Crippen molar-refractivity contribution in [2.45, 2.75) is 13.3 Å². The Labute approximate surface area is 200 Å². The van der Waals surface area contributed by atoms with Crippen LogP contribution in [0.3, 0.4) is 0 Å². The van der Waals surface area contributed by atoms with E-state index >= 15 is 4.39 Å². The number of nitrogen functional groups attached to an aromatic ring is 1. The van der Waals surface area contributed by atoms with Crippen molar-refractivity contribution in [1.82, 2.24) is 29.7 Å². The van der Waals surface area contributed by atoms with E-state index in [1.54, 1.807) is 29.2 Å². The molecule has 0 saturated heterocycles. The van der Waals surface area contributed by atoms with E-state index in [1.165, 1.54) is 23.1 Å². The molecule has 4 aromatic rings. The van der Waals surface area contributed by atoms with Crippen molar-refractivity contribution in [3.8, 4) is 22.8 Å². The fraction of sp³-hybridized carbons (Fsp3) is 0.160. The number of benzene rings is 1. The van der Waals surface area contributed by atoms with Crippen LogP contribution >= 0.6 is 0 Å². The molecular formula is C25H22FN7O2. The molecule has 1 aliphatic heterocycles. The second-order valence-corrected chi connectivity index (χ2v) is 8.04. The fourth-order valence-electron chi connectivity index (χ4n) is 4.06. The Hall–Kier alpha value is -4.60. The van der Waals surface area contributed by atoms with Gasteiger partial charge < -0.3 is 15.4 Å². The second-order valence-electron chi connectivity index (χ2n) is 8.04. The van der Waals surface area contributed by atoms with Crippen molar-refractivity contribution in [2.75, 3.05) is 18.8 Å². The molecule has 176 valence electrons. The van der Waals surface area contributed by atoms with Crippen LogP contribution in [0.4, 0.5) is 10.2 Å². The van der Waals surface area contributed by atoms with Gasteiger partial charge in [-0.15, -0.1) is 14.8 Å². The van der Waals surface area contributed by atoms with E-state index in [0.717, 1.165) is 11.3 Å². The van der Waals surface area contributed by atoms with E-state index in [1.807, 2.05) is 19.1 Å². The van der Waals surface area contributed by atoms with E-state index < -0.39 is 5.82 Å². The van der Waals surface area contributed by atoms with Crippen molar-refractivity contribution in [3.63, 3.8) is 0 Å². The summed E-state index contributed by atoms with van der Waals surface area (Å²) in [5.41, 5.74) is 10.1. The summed E-state index contributed by atoms with van der Waals surface area (Å²) in [6.07, 6.45) is 5.10. The summed E-state index contributed by atoms with van der Waals surface area (Å²) in [6.45, 7) is 6.30. The molecule has 35 heavy (non-hydrogen) atoms. The molecule has 10 heteroatoms. The van der Waals surface area contributed by atoms with Gasteiger partial charge in [-0.1, -0.05) is 24.8 Å². The number of aryl methyl sites for hydroxylation is 1. The van der Waals surface area contributed by atoms with Crippen LogP contribution in [0.5, 0.6) is 11.6 Å². The third-order valence-corrected chi connectivity index (χ3v) is 5.77. The van der Waals surface area contributed by atoms with E-state index in [-0.39, 0.29) is 17.5 Å². The van der Waals surface area contributed by atoms with Crippen LogP contribution in [0, 0.1) is 12.7 Å². The van der Waals surface area contributed by atoms with Gasteiger partial charge in [-0.2, -0.15) is 0 Å². The molecule has 0 saturated carbocycles. The Balaban J connectivity index is 1.57. The summed E-state index contributed by atoms with van der Waals surface area (Å²) in [4.78, 5) is 22.0. The minimum absolute atomic E-state index is 0.0459. The molecule has 3 aromatic heterocycles. The van der Waals surface area contributed by atoms with Crippen LogP contribution in [-0.4, -0.2) is 48.7 Å². The quantitative estimate of drug-likeness (QED) is 0.441. The first-order valence-electron chi connectivity index (χ1n) is 11.0. The summed E-state index contributed by atoms with van der Waals surface area (Å²) < 4.78 is 22.2. The number of nitrogens with zero attached hydrogens (tertiary/aromatic N) is 6. The monoisotopic (exact) mass is 471 g/mol. The number of aromatic nitrogens is 5. The van der Waals surface area contributed by atoms with Gasteiger partial charge in [0.25, 0.3) is 0 Å². The van der Waals surface area contributed by atoms with Gasteiger partial charge >= 0.3 is 0 Å². The van der Waals surface area contributed by atoms with Gasteiger partial charge in [-0.05, 0) is 48.8 Å². The highest BCUT2D eigenvalue weighted by Crippen LogP contribution is 2.38. The zero-order valence-corrected chi connectivity index (χ0v) is 19.0. The molecule has 0 atom stereocenters. The number of anilines is 1. The molecule has 5 rings (SSSR count). The lowest BCUT2D eigenvalue weighted by atomic mass is 9.96. The molecule has 0 bridgehead atoms. The third kappa shape index (κ3) is 4.21. The summed E-state index contributed by atoms with van der Waals surface area (Å²) in [7, 11) is 0. The van der Waals surface area contributed by atoms with Crippen LogP contribution in [0.25, 0.3) is 22.2 Å². The molecule has 0 spiro atoms. The highest BCUT2D eigenvalue weighted by Gasteiger charge is 2.25. The van der Waals surface area contributed by atoms with Gasteiger partial charge in [-0.3, -0.25) is 4.79 Å². The number of hydrogen-bond donors (Lipinski definition) is 1. The number of amides is 1. The van der Waals surface area contributed by atoms with E-state index in [2.05, 4.69) is 26.7 Å². The highest BCUT2D eigenvalue weighted by molar-refractivity contribution is 5.95. The van der Waals surface area contributed by atoms with E-state index in [4.69, 9.17) is 10.5 Å². The first-order valence-corrected chi connectivity index (χ1v) is 11.0. The molecule has 0 unspecified atom stereocenters. The first kappa shape index (κ1) is 22.2. The number of rotatable bonds is 5. The maximum Gasteiger partial charge on any atom is 0.246 e. The minimum atomic E-state index is -0.563. The zero-order valence-electron chi connectivity index (χ0n) is 19.0. The number of hydrogen-bond acceptors (Lipinski definition) is 7. The summed E-state index contributed by atoms with van der Waals surface area (Å²) in [5.74, 6) is -0.127. The largest absolute Gasteiger partial charge is 0.436 e. The Kier molecular flexibility index (Phi) is 5.69. The smallest absolute Gasteiger partial charge is 0.246 e. The summed E-state index contributed by atoms with van der Waals surface area (Å²) in [6, 6.07) is 9.93. The van der Waals surface area contributed by atoms with Crippen molar-refractivity contribution in [3.05, 3.63) is 78.7 Å². The normalized spacial score (nSPS) is 13.5. The van der Waals surface area contributed by atoms with Crippen molar-refractivity contribution < 1.29 is 13.9 Å². The Bertz CT molecular complexity index is 1490.